The summed E-state index contributed by atoms with van der Waals surface area (Å²) in [5, 5.41) is 0. The molecule has 0 aromatic heterocycles. The molecule has 1 amide bonds. The Labute approximate surface area is 123 Å². The predicted octanol–water partition coefficient (Wildman–Crippen LogP) is 2.07. The highest BCUT2D eigenvalue weighted by Crippen LogP contribution is 2.18. The van der Waals surface area contributed by atoms with Crippen LogP contribution in [-0.4, -0.2) is 36.5 Å². The Kier molecular flexibility index (Phi) is 6.14. The summed E-state index contributed by atoms with van der Waals surface area (Å²) in [5.74, 6) is -1.48. The second-order valence-corrected chi connectivity index (χ2v) is 5.09. The van der Waals surface area contributed by atoms with E-state index in [-0.39, 0.29) is 30.3 Å². The molecule has 0 aliphatic carbocycles. The molecule has 0 atom stereocenters. The number of carbonyl (C=O) groups is 2. The van der Waals surface area contributed by atoms with Crippen LogP contribution in [0.5, 0.6) is 0 Å². The molecule has 2 N–H and O–H groups in total. The Balaban J connectivity index is 2.99. The van der Waals surface area contributed by atoms with Crippen LogP contribution in [0.4, 0.5) is 10.1 Å². The number of hydrogen-bond acceptors (Lipinski definition) is 4. The minimum atomic E-state index is -0.651. The van der Waals surface area contributed by atoms with Crippen molar-refractivity contribution in [2.24, 2.45) is 5.92 Å². The highest BCUT2D eigenvalue weighted by atomic mass is 19.1. The Morgan fingerprint density at radius 1 is 1.38 bits per heavy atom. The second kappa shape index (κ2) is 7.61. The lowest BCUT2D eigenvalue weighted by Crippen LogP contribution is -2.39. The number of nitrogen functional groups attached to an aromatic ring is 1. The standard InChI is InChI=1S/C15H21FN2O3/c1-4-21-13(19)9-18(8-10(2)3)15(20)11-6-5-7-12(16)14(11)17/h5-7,10H,4,8-9,17H2,1-3H3. The minimum absolute atomic E-state index is 0.0555. The molecular formula is C15H21FN2O3. The fraction of sp³-hybridized carbons (Fsp3) is 0.467. The monoisotopic (exact) mass is 296 g/mol. The van der Waals surface area contributed by atoms with Gasteiger partial charge in [-0.3, -0.25) is 9.59 Å². The third-order valence-corrected chi connectivity index (χ3v) is 2.78. The Hall–Kier alpha value is -2.11. The number of rotatable bonds is 6. The molecule has 1 rings (SSSR count). The van der Waals surface area contributed by atoms with Crippen LogP contribution in [0.15, 0.2) is 18.2 Å². The molecule has 6 heteroatoms. The first-order chi connectivity index (χ1) is 9.86. The van der Waals surface area contributed by atoms with Gasteiger partial charge in [-0.25, -0.2) is 4.39 Å². The van der Waals surface area contributed by atoms with Crippen molar-refractivity contribution in [3.8, 4) is 0 Å². The highest BCUT2D eigenvalue weighted by Gasteiger charge is 2.23. The zero-order valence-corrected chi connectivity index (χ0v) is 12.6. The number of nitrogens with zero attached hydrogens (tertiary/aromatic N) is 1. The number of hydrogen-bond donors (Lipinski definition) is 1. The van der Waals surface area contributed by atoms with Gasteiger partial charge in [0.1, 0.15) is 12.4 Å². The number of anilines is 1. The average molecular weight is 296 g/mol. The molecule has 0 saturated heterocycles. The third kappa shape index (κ3) is 4.73. The Morgan fingerprint density at radius 3 is 2.62 bits per heavy atom. The summed E-state index contributed by atoms with van der Waals surface area (Å²) < 4.78 is 18.3. The van der Waals surface area contributed by atoms with Gasteiger partial charge in [0.15, 0.2) is 0 Å². The molecule has 5 nitrogen and oxygen atoms in total. The summed E-state index contributed by atoms with van der Waals surface area (Å²) in [6.07, 6.45) is 0. The lowest BCUT2D eigenvalue weighted by molar-refractivity contribution is -0.143. The molecule has 0 aliphatic heterocycles. The topological polar surface area (TPSA) is 72.6 Å². The quantitative estimate of drug-likeness (QED) is 0.644. The van der Waals surface area contributed by atoms with Crippen molar-refractivity contribution in [1.82, 2.24) is 4.90 Å². The molecule has 0 saturated carbocycles. The summed E-state index contributed by atoms with van der Waals surface area (Å²) in [6.45, 7) is 5.94. The number of halogens is 1. The molecule has 116 valence electrons. The predicted molar refractivity (Wildman–Crippen MR) is 78.2 cm³/mol. The van der Waals surface area contributed by atoms with E-state index in [1.807, 2.05) is 13.8 Å². The van der Waals surface area contributed by atoms with Gasteiger partial charge in [-0.2, -0.15) is 0 Å². The van der Waals surface area contributed by atoms with Crippen LogP contribution >= 0.6 is 0 Å². The van der Waals surface area contributed by atoms with Gasteiger partial charge < -0.3 is 15.4 Å². The minimum Gasteiger partial charge on any atom is -0.465 e. The van der Waals surface area contributed by atoms with Gasteiger partial charge in [0.25, 0.3) is 5.91 Å². The van der Waals surface area contributed by atoms with Gasteiger partial charge in [-0.1, -0.05) is 19.9 Å². The van der Waals surface area contributed by atoms with Crippen LogP contribution in [-0.2, 0) is 9.53 Å². The molecule has 0 bridgehead atoms. The number of benzene rings is 1. The van der Waals surface area contributed by atoms with Crippen LogP contribution in [0.3, 0.4) is 0 Å². The maximum absolute atomic E-state index is 13.5. The molecule has 0 heterocycles. The molecule has 1 aromatic rings. The first kappa shape index (κ1) is 16.9. The van der Waals surface area contributed by atoms with E-state index in [2.05, 4.69) is 0 Å². The Bertz CT molecular complexity index is 518. The first-order valence-corrected chi connectivity index (χ1v) is 6.85. The maximum Gasteiger partial charge on any atom is 0.325 e. The summed E-state index contributed by atoms with van der Waals surface area (Å²) in [5.41, 5.74) is 5.45. The van der Waals surface area contributed by atoms with E-state index in [1.165, 1.54) is 23.1 Å². The van der Waals surface area contributed by atoms with Crippen LogP contribution in [0.2, 0.25) is 0 Å². The number of carbonyl (C=O) groups excluding carboxylic acids is 2. The maximum atomic E-state index is 13.5. The molecule has 21 heavy (non-hydrogen) atoms. The molecule has 0 fully saturated rings. The zero-order valence-electron chi connectivity index (χ0n) is 12.6. The fourth-order valence-electron chi connectivity index (χ4n) is 1.92. The lowest BCUT2D eigenvalue weighted by Gasteiger charge is -2.24. The van der Waals surface area contributed by atoms with Gasteiger partial charge >= 0.3 is 5.97 Å². The summed E-state index contributed by atoms with van der Waals surface area (Å²) in [4.78, 5) is 25.4. The van der Waals surface area contributed by atoms with E-state index in [1.54, 1.807) is 6.92 Å². The van der Waals surface area contributed by atoms with Crippen molar-refractivity contribution in [1.29, 1.82) is 0 Å². The van der Waals surface area contributed by atoms with Crippen molar-refractivity contribution >= 4 is 17.6 Å². The second-order valence-electron chi connectivity index (χ2n) is 5.09. The number of nitrogens with two attached hydrogens (primary N) is 1. The van der Waals surface area contributed by atoms with Crippen molar-refractivity contribution < 1.29 is 18.7 Å². The van der Waals surface area contributed by atoms with E-state index in [9.17, 15) is 14.0 Å². The van der Waals surface area contributed by atoms with E-state index in [0.717, 1.165) is 0 Å². The smallest absolute Gasteiger partial charge is 0.325 e. The number of esters is 1. The first-order valence-electron chi connectivity index (χ1n) is 6.85. The zero-order chi connectivity index (χ0) is 16.0. The normalized spacial score (nSPS) is 10.5. The lowest BCUT2D eigenvalue weighted by atomic mass is 10.1. The number of para-hydroxylation sites is 1. The summed E-state index contributed by atoms with van der Waals surface area (Å²) >= 11 is 0. The van der Waals surface area contributed by atoms with Gasteiger partial charge in [-0.05, 0) is 25.0 Å². The summed E-state index contributed by atoms with van der Waals surface area (Å²) in [7, 11) is 0. The van der Waals surface area contributed by atoms with Crippen LogP contribution in [0, 0.1) is 11.7 Å². The average Bonchev–Trinajstić information content (AvgIpc) is 2.40. The summed E-state index contributed by atoms with van der Waals surface area (Å²) in [6, 6.07) is 4.04. The third-order valence-electron chi connectivity index (χ3n) is 2.78. The molecule has 0 aliphatic rings. The van der Waals surface area contributed by atoms with Gasteiger partial charge in [0.2, 0.25) is 0 Å². The van der Waals surface area contributed by atoms with Gasteiger partial charge in [0.05, 0.1) is 17.9 Å². The van der Waals surface area contributed by atoms with Gasteiger partial charge in [0, 0.05) is 6.54 Å². The highest BCUT2D eigenvalue weighted by molar-refractivity contribution is 6.00. The van der Waals surface area contributed by atoms with Crippen molar-refractivity contribution in [2.75, 3.05) is 25.4 Å². The van der Waals surface area contributed by atoms with Crippen molar-refractivity contribution in [3.05, 3.63) is 29.6 Å². The van der Waals surface area contributed by atoms with E-state index < -0.39 is 17.7 Å². The molecule has 0 spiro atoms. The van der Waals surface area contributed by atoms with Crippen LogP contribution in [0.25, 0.3) is 0 Å². The molecule has 0 radical (unpaired) electrons. The molecule has 1 aromatic carbocycles. The molecule has 0 unspecified atom stereocenters. The van der Waals surface area contributed by atoms with E-state index in [0.29, 0.717) is 6.54 Å². The van der Waals surface area contributed by atoms with E-state index >= 15 is 0 Å². The Morgan fingerprint density at radius 2 is 2.05 bits per heavy atom. The van der Waals surface area contributed by atoms with Crippen LogP contribution < -0.4 is 5.73 Å². The largest absolute Gasteiger partial charge is 0.465 e. The fourth-order valence-corrected chi connectivity index (χ4v) is 1.92. The van der Waals surface area contributed by atoms with E-state index in [4.69, 9.17) is 10.5 Å². The number of amides is 1. The van der Waals surface area contributed by atoms with Crippen LogP contribution in [0.1, 0.15) is 31.1 Å². The SMILES string of the molecule is CCOC(=O)CN(CC(C)C)C(=O)c1cccc(F)c1N. The van der Waals surface area contributed by atoms with Crippen molar-refractivity contribution in [2.45, 2.75) is 20.8 Å². The number of ether oxygens (including phenoxy) is 1. The molecular weight excluding hydrogens is 275 g/mol. The van der Waals surface area contributed by atoms with Gasteiger partial charge in [-0.15, -0.1) is 0 Å². The van der Waals surface area contributed by atoms with Crippen molar-refractivity contribution in [3.63, 3.8) is 0 Å².